The molecule has 1 amide bonds. The van der Waals surface area contributed by atoms with Crippen LogP contribution in [0.1, 0.15) is 47.5 Å². The second-order valence-electron chi connectivity index (χ2n) is 5.55. The van der Waals surface area contributed by atoms with Gasteiger partial charge in [0.05, 0.1) is 0 Å². The van der Waals surface area contributed by atoms with Gasteiger partial charge in [-0.25, -0.2) is 0 Å². The molecule has 0 aromatic heterocycles. The molecule has 0 aromatic rings. The standard InChI is InChI=1S/C13H25N3O.2C2H6/c1-12(17)16-9-7-15(8-10-16)11-13-3-5-14(2)6-4-13;2*1-2/h13H,3-11H2,1-2H3;2*1-2H3. The fourth-order valence-corrected chi connectivity index (χ4v) is 2.86. The normalized spacial score (nSPS) is 21.0. The van der Waals surface area contributed by atoms with Crippen molar-refractivity contribution in [3.05, 3.63) is 0 Å². The maximum absolute atomic E-state index is 11.2. The number of carbonyl (C=O) groups is 1. The molecule has 2 aliphatic rings. The lowest BCUT2D eigenvalue weighted by atomic mass is 9.96. The molecule has 0 aromatic carbocycles. The smallest absolute Gasteiger partial charge is 0.219 e. The third-order valence-electron chi connectivity index (χ3n) is 4.17. The molecule has 4 heteroatoms. The highest BCUT2D eigenvalue weighted by Gasteiger charge is 2.23. The van der Waals surface area contributed by atoms with Crippen LogP contribution in [0, 0.1) is 5.92 Å². The van der Waals surface area contributed by atoms with E-state index in [-0.39, 0.29) is 5.91 Å². The van der Waals surface area contributed by atoms with Crippen molar-refractivity contribution in [2.24, 2.45) is 5.92 Å². The molecule has 0 N–H and O–H groups in total. The fourth-order valence-electron chi connectivity index (χ4n) is 2.86. The molecule has 2 rings (SSSR count). The summed E-state index contributed by atoms with van der Waals surface area (Å²) in [6.45, 7) is 17.4. The third kappa shape index (κ3) is 7.82. The molecule has 0 saturated carbocycles. The molecule has 2 saturated heterocycles. The Labute approximate surface area is 132 Å². The average Bonchev–Trinajstić information content (AvgIpc) is 2.54. The van der Waals surface area contributed by atoms with E-state index < -0.39 is 0 Å². The van der Waals surface area contributed by atoms with Crippen LogP contribution >= 0.6 is 0 Å². The van der Waals surface area contributed by atoms with Gasteiger partial charge in [0.25, 0.3) is 0 Å². The minimum Gasteiger partial charge on any atom is -0.340 e. The number of piperazine rings is 1. The molecule has 2 fully saturated rings. The first kappa shape index (κ1) is 20.4. The predicted octanol–water partition coefficient (Wildman–Crippen LogP) is 2.54. The van der Waals surface area contributed by atoms with Crippen molar-refractivity contribution in [3.8, 4) is 0 Å². The van der Waals surface area contributed by atoms with Crippen LogP contribution in [0.25, 0.3) is 0 Å². The van der Waals surface area contributed by atoms with E-state index >= 15 is 0 Å². The third-order valence-corrected chi connectivity index (χ3v) is 4.17. The van der Waals surface area contributed by atoms with E-state index in [4.69, 9.17) is 0 Å². The maximum Gasteiger partial charge on any atom is 0.219 e. The second kappa shape index (κ2) is 12.0. The lowest BCUT2D eigenvalue weighted by Crippen LogP contribution is -2.49. The summed E-state index contributed by atoms with van der Waals surface area (Å²) >= 11 is 0. The highest BCUT2D eigenvalue weighted by Crippen LogP contribution is 2.18. The van der Waals surface area contributed by atoms with Gasteiger partial charge in [-0.2, -0.15) is 0 Å². The van der Waals surface area contributed by atoms with Crippen LogP contribution in [0.4, 0.5) is 0 Å². The lowest BCUT2D eigenvalue weighted by molar-refractivity contribution is -0.130. The Morgan fingerprint density at radius 2 is 1.38 bits per heavy atom. The summed E-state index contributed by atoms with van der Waals surface area (Å²) in [6, 6.07) is 0. The quantitative estimate of drug-likeness (QED) is 0.784. The van der Waals surface area contributed by atoms with Crippen molar-refractivity contribution in [1.29, 1.82) is 0 Å². The summed E-state index contributed by atoms with van der Waals surface area (Å²) < 4.78 is 0. The van der Waals surface area contributed by atoms with Gasteiger partial charge in [0.2, 0.25) is 5.91 Å². The zero-order valence-electron chi connectivity index (χ0n) is 15.2. The molecule has 4 nitrogen and oxygen atoms in total. The van der Waals surface area contributed by atoms with Crippen molar-refractivity contribution in [1.82, 2.24) is 14.7 Å². The van der Waals surface area contributed by atoms with Crippen molar-refractivity contribution in [2.45, 2.75) is 47.5 Å². The maximum atomic E-state index is 11.2. The summed E-state index contributed by atoms with van der Waals surface area (Å²) in [6.07, 6.45) is 2.67. The number of carbonyl (C=O) groups excluding carboxylic acids is 1. The van der Waals surface area contributed by atoms with Crippen molar-refractivity contribution >= 4 is 5.91 Å². The topological polar surface area (TPSA) is 26.8 Å². The minimum atomic E-state index is 0.226. The summed E-state index contributed by atoms with van der Waals surface area (Å²) in [5.74, 6) is 1.10. The highest BCUT2D eigenvalue weighted by molar-refractivity contribution is 5.73. The van der Waals surface area contributed by atoms with Gasteiger partial charge in [-0.3, -0.25) is 9.69 Å². The van der Waals surface area contributed by atoms with E-state index in [2.05, 4.69) is 16.8 Å². The number of rotatable bonds is 2. The molecular weight excluding hydrogens is 262 g/mol. The van der Waals surface area contributed by atoms with Crippen LogP contribution in [0.15, 0.2) is 0 Å². The van der Waals surface area contributed by atoms with Gasteiger partial charge in [0.15, 0.2) is 0 Å². The summed E-state index contributed by atoms with van der Waals surface area (Å²) in [5, 5.41) is 0. The van der Waals surface area contributed by atoms with Crippen LogP contribution in [0.3, 0.4) is 0 Å². The van der Waals surface area contributed by atoms with Gasteiger partial charge in [-0.1, -0.05) is 27.7 Å². The summed E-state index contributed by atoms with van der Waals surface area (Å²) in [7, 11) is 2.21. The van der Waals surface area contributed by atoms with Gasteiger partial charge in [0, 0.05) is 39.6 Å². The van der Waals surface area contributed by atoms with E-state index in [1.807, 2.05) is 32.6 Å². The first-order chi connectivity index (χ1) is 10.1. The van der Waals surface area contributed by atoms with E-state index in [1.165, 1.54) is 32.5 Å². The molecule has 0 spiro atoms. The van der Waals surface area contributed by atoms with Crippen LogP contribution in [-0.2, 0) is 4.79 Å². The van der Waals surface area contributed by atoms with Gasteiger partial charge < -0.3 is 9.80 Å². The summed E-state index contributed by atoms with van der Waals surface area (Å²) in [4.78, 5) is 18.2. The van der Waals surface area contributed by atoms with E-state index in [1.54, 1.807) is 6.92 Å². The molecule has 0 atom stereocenters. The molecule has 2 aliphatic heterocycles. The van der Waals surface area contributed by atoms with E-state index in [0.29, 0.717) is 0 Å². The zero-order valence-corrected chi connectivity index (χ0v) is 15.2. The molecule has 0 unspecified atom stereocenters. The Kier molecular flexibility index (Phi) is 11.6. The number of hydrogen-bond acceptors (Lipinski definition) is 3. The first-order valence-electron chi connectivity index (χ1n) is 8.81. The van der Waals surface area contributed by atoms with Gasteiger partial charge in [-0.15, -0.1) is 0 Å². The first-order valence-corrected chi connectivity index (χ1v) is 8.81. The molecule has 2 heterocycles. The molecular formula is C17H37N3O. The monoisotopic (exact) mass is 299 g/mol. The van der Waals surface area contributed by atoms with Gasteiger partial charge in [0.1, 0.15) is 0 Å². The van der Waals surface area contributed by atoms with Gasteiger partial charge in [-0.05, 0) is 38.9 Å². The number of amides is 1. The van der Waals surface area contributed by atoms with Crippen molar-refractivity contribution < 1.29 is 4.79 Å². The SMILES string of the molecule is CC.CC.CC(=O)N1CCN(CC2CCN(C)CC2)CC1. The number of piperidine rings is 1. The fraction of sp³-hybridized carbons (Fsp3) is 0.941. The minimum absolute atomic E-state index is 0.226. The van der Waals surface area contributed by atoms with Gasteiger partial charge >= 0.3 is 0 Å². The van der Waals surface area contributed by atoms with E-state index in [0.717, 1.165) is 32.1 Å². The average molecular weight is 300 g/mol. The number of likely N-dealkylation sites (tertiary alicyclic amines) is 1. The molecule has 0 aliphatic carbocycles. The Hall–Kier alpha value is -0.610. The molecule has 0 bridgehead atoms. The second-order valence-corrected chi connectivity index (χ2v) is 5.55. The number of nitrogens with zero attached hydrogens (tertiary/aromatic N) is 3. The van der Waals surface area contributed by atoms with Crippen LogP contribution in [0.2, 0.25) is 0 Å². The van der Waals surface area contributed by atoms with Crippen LogP contribution < -0.4 is 0 Å². The van der Waals surface area contributed by atoms with E-state index in [9.17, 15) is 4.79 Å². The van der Waals surface area contributed by atoms with Crippen molar-refractivity contribution in [2.75, 3.05) is 52.9 Å². The Balaban J connectivity index is 0.000000921. The van der Waals surface area contributed by atoms with Crippen molar-refractivity contribution in [3.63, 3.8) is 0 Å². The zero-order chi connectivity index (χ0) is 16.3. The molecule has 0 radical (unpaired) electrons. The predicted molar refractivity (Wildman–Crippen MR) is 91.6 cm³/mol. The Bertz CT molecular complexity index is 255. The molecule has 21 heavy (non-hydrogen) atoms. The lowest BCUT2D eigenvalue weighted by Gasteiger charge is -2.38. The van der Waals surface area contributed by atoms with Crippen LogP contribution in [-0.4, -0.2) is 73.5 Å². The largest absolute Gasteiger partial charge is 0.340 e. The Morgan fingerprint density at radius 3 is 1.81 bits per heavy atom. The Morgan fingerprint density at radius 1 is 0.905 bits per heavy atom. The number of hydrogen-bond donors (Lipinski definition) is 0. The van der Waals surface area contributed by atoms with Crippen LogP contribution in [0.5, 0.6) is 0 Å². The molecule has 126 valence electrons. The summed E-state index contributed by atoms with van der Waals surface area (Å²) in [5.41, 5.74) is 0. The highest BCUT2D eigenvalue weighted by atomic mass is 16.2.